The summed E-state index contributed by atoms with van der Waals surface area (Å²) in [5.41, 5.74) is 2.81. The summed E-state index contributed by atoms with van der Waals surface area (Å²) in [5, 5.41) is 24.2. The van der Waals surface area contributed by atoms with Crippen LogP contribution < -0.4 is 10.2 Å². The van der Waals surface area contributed by atoms with Crippen molar-refractivity contribution in [1.82, 2.24) is 5.32 Å². The minimum atomic E-state index is -0.716. The Bertz CT molecular complexity index is 1350. The van der Waals surface area contributed by atoms with Gasteiger partial charge < -0.3 is 5.32 Å². The van der Waals surface area contributed by atoms with Gasteiger partial charge in [0.05, 0.1) is 33.7 Å². The summed E-state index contributed by atoms with van der Waals surface area (Å²) in [6, 6.07) is 15.2. The van der Waals surface area contributed by atoms with E-state index in [0.29, 0.717) is 41.1 Å². The lowest BCUT2D eigenvalue weighted by atomic mass is 9.68. The number of para-hydroxylation sites is 1. The van der Waals surface area contributed by atoms with Crippen molar-refractivity contribution in [3.63, 3.8) is 0 Å². The molecule has 0 radical (unpaired) electrons. The molecule has 5 rings (SSSR count). The first-order valence-corrected chi connectivity index (χ1v) is 10.6. The molecule has 0 aromatic heterocycles. The molecule has 2 aromatic carbocycles. The summed E-state index contributed by atoms with van der Waals surface area (Å²) in [4.78, 5) is 38.9. The molecular formula is C25H20N4O4. The third kappa shape index (κ3) is 3.12. The summed E-state index contributed by atoms with van der Waals surface area (Å²) in [6.45, 7) is 4.04. The highest BCUT2D eigenvalue weighted by Crippen LogP contribution is 2.51. The number of hydrogen-bond acceptors (Lipinski definition) is 6. The second kappa shape index (κ2) is 7.14. The first kappa shape index (κ1) is 20.6. The molecule has 2 aliphatic heterocycles. The Morgan fingerprint density at radius 2 is 1.82 bits per heavy atom. The number of nitrogens with one attached hydrogen (secondary N) is 1. The number of amides is 1. The zero-order valence-corrected chi connectivity index (χ0v) is 18.1. The Morgan fingerprint density at radius 3 is 2.48 bits per heavy atom. The number of ketones is 1. The molecule has 33 heavy (non-hydrogen) atoms. The van der Waals surface area contributed by atoms with Crippen molar-refractivity contribution in [2.75, 3.05) is 4.90 Å². The molecule has 1 amide bonds. The molecule has 1 aliphatic carbocycles. The maximum atomic E-state index is 13.5. The van der Waals surface area contributed by atoms with Gasteiger partial charge in [-0.2, -0.15) is 5.26 Å². The predicted molar refractivity (Wildman–Crippen MR) is 120 cm³/mol. The van der Waals surface area contributed by atoms with Gasteiger partial charge in [0.25, 0.3) is 11.6 Å². The number of carbonyl (C=O) groups excluding carboxylic acids is 2. The average molecular weight is 440 g/mol. The topological polar surface area (TPSA) is 116 Å². The highest BCUT2D eigenvalue weighted by molar-refractivity contribution is 6.07. The number of hydrogen-bond donors (Lipinski definition) is 1. The second-order valence-corrected chi connectivity index (χ2v) is 9.26. The van der Waals surface area contributed by atoms with Crippen molar-refractivity contribution in [3.8, 4) is 6.07 Å². The number of allylic oxidation sites excluding steroid dienone is 3. The highest BCUT2D eigenvalue weighted by atomic mass is 16.6. The molecule has 1 unspecified atom stereocenters. The largest absolute Gasteiger partial charge is 0.307 e. The molecule has 3 aliphatic rings. The minimum Gasteiger partial charge on any atom is -0.307 e. The van der Waals surface area contributed by atoms with Crippen LogP contribution in [0.25, 0.3) is 0 Å². The first-order valence-electron chi connectivity index (χ1n) is 10.6. The number of nitrogens with zero attached hydrogens (tertiary/aromatic N) is 3. The van der Waals surface area contributed by atoms with Crippen LogP contribution in [-0.4, -0.2) is 16.6 Å². The van der Waals surface area contributed by atoms with E-state index >= 15 is 0 Å². The molecule has 0 saturated heterocycles. The molecule has 1 N–H and O–H groups in total. The predicted octanol–water partition coefficient (Wildman–Crippen LogP) is 4.32. The Balaban J connectivity index is 1.79. The molecule has 0 saturated carbocycles. The smallest absolute Gasteiger partial charge is 0.269 e. The van der Waals surface area contributed by atoms with Crippen LogP contribution in [-0.2, 0) is 4.79 Å². The fourth-order valence-corrected chi connectivity index (χ4v) is 5.03. The number of nitro benzene ring substituents is 1. The molecule has 164 valence electrons. The van der Waals surface area contributed by atoms with E-state index in [1.807, 2.05) is 30.9 Å². The SMILES string of the molecule is CC1(C)CC(=O)C2=C(C1)N1C(=C(C#N)C2c2ccc([N+](=O)[O-])cc2)NC(=O)c2ccccc21. The lowest BCUT2D eigenvalue weighted by molar-refractivity contribution is -0.384. The molecule has 0 spiro atoms. The standard InChI is InChI=1S/C25H20N4O4/c1-25(2)11-19-22(20(30)12-25)21(14-7-9-15(10-8-14)29(32)33)17(13-26)23-27-24(31)16-5-3-4-6-18(16)28(19)23/h3-10,21H,11-12H2,1-2H3,(H,27,31). The van der Waals surface area contributed by atoms with Crippen molar-refractivity contribution in [2.45, 2.75) is 32.6 Å². The number of non-ortho nitro benzene ring substituents is 1. The number of anilines is 1. The Kier molecular flexibility index (Phi) is 4.46. The van der Waals surface area contributed by atoms with Gasteiger partial charge in [0.15, 0.2) is 5.78 Å². The van der Waals surface area contributed by atoms with Gasteiger partial charge in [-0.3, -0.25) is 24.6 Å². The van der Waals surface area contributed by atoms with E-state index < -0.39 is 10.8 Å². The molecule has 0 fully saturated rings. The van der Waals surface area contributed by atoms with Crippen LogP contribution in [0, 0.1) is 26.9 Å². The molecule has 2 heterocycles. The number of fused-ring (bicyclic) bond motifs is 4. The van der Waals surface area contributed by atoms with Gasteiger partial charge in [0.2, 0.25) is 0 Å². The van der Waals surface area contributed by atoms with Crippen LogP contribution in [0.5, 0.6) is 0 Å². The normalized spacial score (nSPS) is 21.0. The molecular weight excluding hydrogens is 420 g/mol. The number of carbonyl (C=O) groups is 2. The fourth-order valence-electron chi connectivity index (χ4n) is 5.03. The van der Waals surface area contributed by atoms with Gasteiger partial charge in [-0.1, -0.05) is 38.1 Å². The van der Waals surface area contributed by atoms with Gasteiger partial charge in [0.1, 0.15) is 5.82 Å². The van der Waals surface area contributed by atoms with E-state index in [9.17, 15) is 25.0 Å². The van der Waals surface area contributed by atoms with Gasteiger partial charge in [-0.25, -0.2) is 0 Å². The maximum Gasteiger partial charge on any atom is 0.269 e. The summed E-state index contributed by atoms with van der Waals surface area (Å²) in [5.74, 6) is -0.761. The number of nitro groups is 1. The summed E-state index contributed by atoms with van der Waals surface area (Å²) < 4.78 is 0. The van der Waals surface area contributed by atoms with Crippen LogP contribution in [0.4, 0.5) is 11.4 Å². The Morgan fingerprint density at radius 1 is 1.12 bits per heavy atom. The van der Waals surface area contributed by atoms with Gasteiger partial charge in [0, 0.05) is 29.8 Å². The van der Waals surface area contributed by atoms with Gasteiger partial charge in [-0.05, 0) is 29.5 Å². The molecule has 0 bridgehead atoms. The van der Waals surface area contributed by atoms with Crippen molar-refractivity contribution in [3.05, 3.63) is 92.4 Å². The molecule has 8 heteroatoms. The zero-order chi connectivity index (χ0) is 23.5. The number of nitriles is 1. The van der Waals surface area contributed by atoms with Crippen LogP contribution in [0.2, 0.25) is 0 Å². The van der Waals surface area contributed by atoms with E-state index in [1.54, 1.807) is 24.3 Å². The molecule has 1 atom stereocenters. The van der Waals surface area contributed by atoms with E-state index in [-0.39, 0.29) is 28.4 Å². The second-order valence-electron chi connectivity index (χ2n) is 9.26. The zero-order valence-electron chi connectivity index (χ0n) is 18.1. The fraction of sp³-hybridized carbons (Fsp3) is 0.240. The van der Waals surface area contributed by atoms with Crippen molar-refractivity contribution < 1.29 is 14.5 Å². The van der Waals surface area contributed by atoms with Crippen LogP contribution in [0.3, 0.4) is 0 Å². The van der Waals surface area contributed by atoms with E-state index in [1.165, 1.54) is 12.1 Å². The van der Waals surface area contributed by atoms with Crippen molar-refractivity contribution in [2.24, 2.45) is 5.41 Å². The van der Waals surface area contributed by atoms with E-state index in [4.69, 9.17) is 0 Å². The highest BCUT2D eigenvalue weighted by Gasteiger charge is 2.47. The van der Waals surface area contributed by atoms with Crippen LogP contribution in [0.1, 0.15) is 48.5 Å². The van der Waals surface area contributed by atoms with Gasteiger partial charge >= 0.3 is 0 Å². The van der Waals surface area contributed by atoms with E-state index in [2.05, 4.69) is 11.4 Å². The quantitative estimate of drug-likeness (QED) is 0.549. The average Bonchev–Trinajstić information content (AvgIpc) is 2.77. The van der Waals surface area contributed by atoms with Crippen LogP contribution >= 0.6 is 0 Å². The van der Waals surface area contributed by atoms with Gasteiger partial charge in [-0.15, -0.1) is 0 Å². The third-order valence-corrected chi connectivity index (χ3v) is 6.40. The number of rotatable bonds is 2. The van der Waals surface area contributed by atoms with Crippen molar-refractivity contribution in [1.29, 1.82) is 5.26 Å². The Labute approximate surface area is 190 Å². The summed E-state index contributed by atoms with van der Waals surface area (Å²) in [6.07, 6.45) is 0.898. The lowest BCUT2D eigenvalue weighted by Crippen LogP contribution is -2.48. The monoisotopic (exact) mass is 440 g/mol. The molecule has 2 aromatic rings. The van der Waals surface area contributed by atoms with Crippen LogP contribution in [0.15, 0.2) is 71.2 Å². The lowest BCUT2D eigenvalue weighted by Gasteiger charge is -2.46. The summed E-state index contributed by atoms with van der Waals surface area (Å²) >= 11 is 0. The molecule has 8 nitrogen and oxygen atoms in total. The third-order valence-electron chi connectivity index (χ3n) is 6.40. The maximum absolute atomic E-state index is 13.5. The minimum absolute atomic E-state index is 0.0641. The number of Topliss-reactive ketones (excluding diaryl/α,β-unsaturated/α-hetero) is 1. The Hall–Kier alpha value is -4.25. The van der Waals surface area contributed by atoms with E-state index in [0.717, 1.165) is 5.70 Å². The van der Waals surface area contributed by atoms with Crippen molar-refractivity contribution >= 4 is 23.1 Å². The first-order chi connectivity index (χ1) is 15.7. The summed E-state index contributed by atoms with van der Waals surface area (Å²) in [7, 11) is 0. The number of benzene rings is 2.